The number of Topliss-reactive ketones (excluding diaryl/α,β-unsaturated/α-hetero) is 1. The van der Waals surface area contributed by atoms with Crippen molar-refractivity contribution in [2.45, 2.75) is 38.8 Å². The van der Waals surface area contributed by atoms with Crippen LogP contribution in [0.2, 0.25) is 0 Å². The number of hydrogen-bond donors (Lipinski definition) is 1. The maximum absolute atomic E-state index is 12.6. The van der Waals surface area contributed by atoms with E-state index in [0.29, 0.717) is 18.5 Å². The van der Waals surface area contributed by atoms with Gasteiger partial charge in [0, 0.05) is 23.0 Å². The Hall–Kier alpha value is -1.20. The Morgan fingerprint density at radius 1 is 1.33 bits per heavy atom. The molecule has 1 aliphatic carbocycles. The molecule has 1 fully saturated rings. The summed E-state index contributed by atoms with van der Waals surface area (Å²) < 4.78 is 0.845. The third-order valence-corrected chi connectivity index (χ3v) is 5.14. The van der Waals surface area contributed by atoms with Gasteiger partial charge in [0.25, 0.3) is 0 Å². The van der Waals surface area contributed by atoms with Gasteiger partial charge in [-0.1, -0.05) is 15.9 Å². The maximum Gasteiger partial charge on any atom is 0.223 e. The van der Waals surface area contributed by atoms with Gasteiger partial charge in [-0.2, -0.15) is 0 Å². The number of carbonyl (C=O) groups is 2. The topological polar surface area (TPSA) is 57.6 Å². The first-order valence-corrected chi connectivity index (χ1v) is 7.95. The van der Waals surface area contributed by atoms with Crippen LogP contribution in [-0.2, 0) is 4.79 Å². The fourth-order valence-corrected chi connectivity index (χ4v) is 3.71. The van der Waals surface area contributed by atoms with Crippen molar-refractivity contribution in [2.24, 2.45) is 5.41 Å². The second-order valence-corrected chi connectivity index (χ2v) is 7.28. The van der Waals surface area contributed by atoms with E-state index in [1.807, 2.05) is 12.1 Å². The molecule has 1 amide bonds. The Kier molecular flexibility index (Phi) is 3.45. The number of aliphatic hydroxyl groups excluding tert-OH is 1. The van der Waals surface area contributed by atoms with Crippen LogP contribution in [0.25, 0.3) is 0 Å². The van der Waals surface area contributed by atoms with Gasteiger partial charge in [-0.3, -0.25) is 9.59 Å². The van der Waals surface area contributed by atoms with Gasteiger partial charge in [-0.15, -0.1) is 0 Å². The van der Waals surface area contributed by atoms with Crippen LogP contribution in [0.4, 0.5) is 0 Å². The summed E-state index contributed by atoms with van der Waals surface area (Å²) in [7, 11) is 0. The Balaban J connectivity index is 2.18. The number of rotatable bonds is 1. The lowest BCUT2D eigenvalue weighted by atomic mass is 9.68. The SMILES string of the molecule is CC1(C)C(=O)c2ccc(Br)cc2C(N2CCCC2=O)[C@@H]1O. The van der Waals surface area contributed by atoms with E-state index in [2.05, 4.69) is 15.9 Å². The van der Waals surface area contributed by atoms with E-state index in [4.69, 9.17) is 0 Å². The molecule has 1 unspecified atom stereocenters. The maximum atomic E-state index is 12.6. The average Bonchev–Trinajstić information content (AvgIpc) is 2.83. The molecule has 1 N–H and O–H groups in total. The molecule has 1 saturated heterocycles. The van der Waals surface area contributed by atoms with Crippen molar-refractivity contribution in [3.05, 3.63) is 33.8 Å². The second kappa shape index (κ2) is 4.92. The molecule has 1 aliphatic heterocycles. The highest BCUT2D eigenvalue weighted by atomic mass is 79.9. The van der Waals surface area contributed by atoms with Gasteiger partial charge in [0.1, 0.15) is 0 Å². The molecule has 1 aromatic rings. The van der Waals surface area contributed by atoms with Crippen molar-refractivity contribution >= 4 is 27.6 Å². The number of halogens is 1. The van der Waals surface area contributed by atoms with E-state index in [9.17, 15) is 14.7 Å². The number of carbonyl (C=O) groups excluding carboxylic acids is 2. The summed E-state index contributed by atoms with van der Waals surface area (Å²) in [5.74, 6) is -0.0180. The highest BCUT2D eigenvalue weighted by molar-refractivity contribution is 9.10. The van der Waals surface area contributed by atoms with Crippen LogP contribution in [0.1, 0.15) is 48.7 Å². The van der Waals surface area contributed by atoms with Crippen LogP contribution in [0.3, 0.4) is 0 Å². The van der Waals surface area contributed by atoms with E-state index >= 15 is 0 Å². The molecule has 3 rings (SSSR count). The minimum atomic E-state index is -0.895. The summed E-state index contributed by atoms with van der Waals surface area (Å²) in [6, 6.07) is 5.01. The minimum Gasteiger partial charge on any atom is -0.390 e. The van der Waals surface area contributed by atoms with Gasteiger partial charge in [-0.25, -0.2) is 0 Å². The molecular weight excluding hydrogens is 334 g/mol. The highest BCUT2D eigenvalue weighted by Crippen LogP contribution is 2.45. The molecule has 1 aromatic carbocycles. The summed E-state index contributed by atoms with van der Waals surface area (Å²) in [4.78, 5) is 26.5. The summed E-state index contributed by atoms with van der Waals surface area (Å²) in [5.41, 5.74) is 0.462. The standard InChI is InChI=1S/C16H18BrNO3/c1-16(2)14(20)10-6-5-9(17)8-11(10)13(15(16)21)18-7-3-4-12(18)19/h5-6,8,13,15,21H,3-4,7H2,1-2H3/t13?,15-/m0/s1. The van der Waals surface area contributed by atoms with Crippen molar-refractivity contribution < 1.29 is 14.7 Å². The molecule has 21 heavy (non-hydrogen) atoms. The number of hydrogen-bond acceptors (Lipinski definition) is 3. The number of fused-ring (bicyclic) bond motifs is 1. The first-order valence-electron chi connectivity index (χ1n) is 7.16. The van der Waals surface area contributed by atoms with Crippen molar-refractivity contribution in [1.29, 1.82) is 0 Å². The molecule has 0 saturated carbocycles. The molecule has 112 valence electrons. The second-order valence-electron chi connectivity index (χ2n) is 6.36. The highest BCUT2D eigenvalue weighted by Gasteiger charge is 2.50. The number of nitrogens with zero attached hydrogens (tertiary/aromatic N) is 1. The summed E-state index contributed by atoms with van der Waals surface area (Å²) in [6.45, 7) is 4.13. The molecule has 0 radical (unpaired) electrons. The van der Waals surface area contributed by atoms with Gasteiger partial charge in [0.05, 0.1) is 17.6 Å². The predicted octanol–water partition coefficient (Wildman–Crippen LogP) is 2.70. The number of likely N-dealkylation sites (tertiary alicyclic amines) is 1. The molecule has 4 nitrogen and oxygen atoms in total. The molecule has 2 atom stereocenters. The normalized spacial score (nSPS) is 27.9. The zero-order chi connectivity index (χ0) is 15.4. The van der Waals surface area contributed by atoms with E-state index in [-0.39, 0.29) is 11.7 Å². The van der Waals surface area contributed by atoms with Crippen LogP contribution in [0.15, 0.2) is 22.7 Å². The average molecular weight is 352 g/mol. The van der Waals surface area contributed by atoms with Crippen LogP contribution >= 0.6 is 15.9 Å². The quantitative estimate of drug-likeness (QED) is 0.846. The summed E-state index contributed by atoms with van der Waals surface area (Å²) in [6.07, 6.45) is 0.426. The zero-order valence-corrected chi connectivity index (χ0v) is 13.7. The lowest BCUT2D eigenvalue weighted by molar-refractivity contribution is -0.134. The van der Waals surface area contributed by atoms with Crippen molar-refractivity contribution in [3.63, 3.8) is 0 Å². The molecule has 0 aromatic heterocycles. The fourth-order valence-electron chi connectivity index (χ4n) is 3.33. The van der Waals surface area contributed by atoms with Crippen molar-refractivity contribution in [1.82, 2.24) is 4.90 Å². The van der Waals surface area contributed by atoms with Crippen LogP contribution < -0.4 is 0 Å². The first-order chi connectivity index (χ1) is 9.84. The van der Waals surface area contributed by atoms with Gasteiger partial charge in [-0.05, 0) is 44.0 Å². The van der Waals surface area contributed by atoms with Gasteiger partial charge in [0.2, 0.25) is 5.91 Å². The number of amides is 1. The fraction of sp³-hybridized carbons (Fsp3) is 0.500. The largest absolute Gasteiger partial charge is 0.390 e. The molecule has 0 spiro atoms. The van der Waals surface area contributed by atoms with Gasteiger partial charge in [0.15, 0.2) is 5.78 Å². The minimum absolute atomic E-state index is 0.0510. The smallest absolute Gasteiger partial charge is 0.223 e. The molecule has 5 heteroatoms. The number of benzene rings is 1. The van der Waals surface area contributed by atoms with Crippen LogP contribution in [-0.4, -0.2) is 34.3 Å². The molecule has 1 heterocycles. The summed E-state index contributed by atoms with van der Waals surface area (Å²) in [5, 5.41) is 10.8. The first kappa shape index (κ1) is 14.7. The lowest BCUT2D eigenvalue weighted by Crippen LogP contribution is -2.51. The Morgan fingerprint density at radius 2 is 2.05 bits per heavy atom. The third kappa shape index (κ3) is 2.14. The monoisotopic (exact) mass is 351 g/mol. The van der Waals surface area contributed by atoms with Crippen molar-refractivity contribution in [2.75, 3.05) is 6.54 Å². The van der Waals surface area contributed by atoms with E-state index in [1.165, 1.54) is 0 Å². The van der Waals surface area contributed by atoms with Crippen LogP contribution in [0, 0.1) is 5.41 Å². The third-order valence-electron chi connectivity index (χ3n) is 4.65. The molecule has 2 aliphatic rings. The van der Waals surface area contributed by atoms with Crippen LogP contribution in [0.5, 0.6) is 0 Å². The van der Waals surface area contributed by atoms with E-state index in [0.717, 1.165) is 16.5 Å². The van der Waals surface area contributed by atoms with Crippen molar-refractivity contribution in [3.8, 4) is 0 Å². The summed E-state index contributed by atoms with van der Waals surface area (Å²) >= 11 is 3.41. The van der Waals surface area contributed by atoms with E-state index in [1.54, 1.807) is 24.8 Å². The Bertz CT molecular complexity index is 626. The number of ketones is 1. The Morgan fingerprint density at radius 3 is 2.67 bits per heavy atom. The number of aliphatic hydroxyl groups is 1. The molecule has 0 bridgehead atoms. The Labute approximate surface area is 132 Å². The zero-order valence-electron chi connectivity index (χ0n) is 12.1. The van der Waals surface area contributed by atoms with Gasteiger partial charge >= 0.3 is 0 Å². The van der Waals surface area contributed by atoms with E-state index < -0.39 is 17.6 Å². The molecular formula is C16H18BrNO3. The lowest BCUT2D eigenvalue weighted by Gasteiger charge is -2.44. The predicted molar refractivity (Wildman–Crippen MR) is 81.9 cm³/mol. The van der Waals surface area contributed by atoms with Gasteiger partial charge < -0.3 is 10.0 Å².